The Morgan fingerprint density at radius 2 is 2.00 bits per heavy atom. The summed E-state index contributed by atoms with van der Waals surface area (Å²) < 4.78 is 6.01. The molecule has 0 bridgehead atoms. The van der Waals surface area contributed by atoms with Crippen LogP contribution in [0, 0.1) is 5.92 Å². The minimum absolute atomic E-state index is 0.804. The first-order valence-corrected chi connectivity index (χ1v) is 8.16. The van der Waals surface area contributed by atoms with Gasteiger partial charge in [-0.15, -0.1) is 0 Å². The zero-order valence-electron chi connectivity index (χ0n) is 12.9. The summed E-state index contributed by atoms with van der Waals surface area (Å²) in [6.07, 6.45) is 3.85. The Kier molecular flexibility index (Phi) is 4.76. The molecule has 0 unspecified atom stereocenters. The van der Waals surface area contributed by atoms with Crippen LogP contribution < -0.4 is 4.74 Å². The van der Waals surface area contributed by atoms with Crippen LogP contribution in [0.1, 0.15) is 26.2 Å². The summed E-state index contributed by atoms with van der Waals surface area (Å²) in [7, 11) is 0. The first-order chi connectivity index (χ1) is 10.3. The van der Waals surface area contributed by atoms with E-state index in [-0.39, 0.29) is 0 Å². The summed E-state index contributed by atoms with van der Waals surface area (Å²) in [5.41, 5.74) is 0. The Bertz CT molecular complexity index is 575. The molecule has 3 rings (SSSR count). The number of piperidine rings is 1. The van der Waals surface area contributed by atoms with Crippen molar-refractivity contribution < 1.29 is 4.74 Å². The van der Waals surface area contributed by atoms with Crippen molar-refractivity contribution in [3.63, 3.8) is 0 Å². The summed E-state index contributed by atoms with van der Waals surface area (Å²) in [6, 6.07) is 14.7. The van der Waals surface area contributed by atoms with E-state index in [4.69, 9.17) is 4.74 Å². The first-order valence-electron chi connectivity index (χ1n) is 8.16. The van der Waals surface area contributed by atoms with Gasteiger partial charge in [-0.05, 0) is 43.2 Å². The second-order valence-electron chi connectivity index (χ2n) is 6.23. The molecule has 1 aliphatic heterocycles. The molecule has 1 atom stereocenters. The molecule has 2 aromatic carbocycles. The van der Waals surface area contributed by atoms with Gasteiger partial charge >= 0.3 is 0 Å². The molecule has 2 heteroatoms. The average Bonchev–Trinajstić information content (AvgIpc) is 2.52. The third-order valence-electron chi connectivity index (χ3n) is 4.37. The molecule has 1 heterocycles. The lowest BCUT2D eigenvalue weighted by molar-refractivity contribution is 0.170. The van der Waals surface area contributed by atoms with E-state index in [0.717, 1.165) is 31.2 Å². The van der Waals surface area contributed by atoms with Gasteiger partial charge in [-0.2, -0.15) is 0 Å². The van der Waals surface area contributed by atoms with E-state index in [0.29, 0.717) is 0 Å². The van der Waals surface area contributed by atoms with Crippen LogP contribution in [0.15, 0.2) is 42.5 Å². The topological polar surface area (TPSA) is 12.5 Å². The van der Waals surface area contributed by atoms with E-state index in [1.807, 2.05) is 0 Å². The van der Waals surface area contributed by atoms with Gasteiger partial charge in [0.05, 0.1) is 6.61 Å². The van der Waals surface area contributed by atoms with Crippen molar-refractivity contribution in [2.45, 2.75) is 26.2 Å². The molecule has 0 aliphatic carbocycles. The highest BCUT2D eigenvalue weighted by molar-refractivity contribution is 5.88. The molecule has 112 valence electrons. The van der Waals surface area contributed by atoms with Crippen LogP contribution in [0.25, 0.3) is 10.8 Å². The number of likely N-dealkylation sites (tertiary alicyclic amines) is 1. The lowest BCUT2D eigenvalue weighted by atomic mass is 10.0. The van der Waals surface area contributed by atoms with E-state index in [1.54, 1.807) is 0 Å². The van der Waals surface area contributed by atoms with Crippen molar-refractivity contribution in [3.8, 4) is 5.75 Å². The normalized spacial score (nSPS) is 19.8. The SMILES string of the molecule is C[C@@H]1CCCN(CCCOc2cccc3ccccc23)C1. The fraction of sp³-hybridized carbons (Fsp3) is 0.474. The predicted molar refractivity (Wildman–Crippen MR) is 88.9 cm³/mol. The van der Waals surface area contributed by atoms with E-state index >= 15 is 0 Å². The Morgan fingerprint density at radius 1 is 1.14 bits per heavy atom. The third kappa shape index (κ3) is 3.76. The molecule has 1 saturated heterocycles. The number of nitrogens with zero attached hydrogens (tertiary/aromatic N) is 1. The van der Waals surface area contributed by atoms with Crippen LogP contribution >= 0.6 is 0 Å². The van der Waals surface area contributed by atoms with Gasteiger partial charge in [-0.3, -0.25) is 0 Å². The van der Waals surface area contributed by atoms with Crippen LogP contribution in [0.4, 0.5) is 0 Å². The van der Waals surface area contributed by atoms with Crippen molar-refractivity contribution in [1.82, 2.24) is 4.90 Å². The molecule has 1 aliphatic rings. The lowest BCUT2D eigenvalue weighted by Crippen LogP contribution is -2.35. The van der Waals surface area contributed by atoms with E-state index in [2.05, 4.69) is 54.3 Å². The Balaban J connectivity index is 1.50. The van der Waals surface area contributed by atoms with Crippen LogP contribution in [0.5, 0.6) is 5.75 Å². The molecule has 0 saturated carbocycles. The maximum atomic E-state index is 6.01. The molecular formula is C19H25NO. The van der Waals surface area contributed by atoms with Gasteiger partial charge < -0.3 is 9.64 Å². The van der Waals surface area contributed by atoms with Crippen molar-refractivity contribution >= 4 is 10.8 Å². The molecule has 0 spiro atoms. The van der Waals surface area contributed by atoms with Gasteiger partial charge in [0.15, 0.2) is 0 Å². The van der Waals surface area contributed by atoms with Crippen LogP contribution in [0.2, 0.25) is 0 Å². The molecule has 0 amide bonds. The summed E-state index contributed by atoms with van der Waals surface area (Å²) in [4.78, 5) is 2.58. The predicted octanol–water partition coefficient (Wildman–Crippen LogP) is 4.34. The zero-order chi connectivity index (χ0) is 14.5. The standard InChI is InChI=1S/C19H25NO/c1-16-7-5-12-20(15-16)13-6-14-21-19-11-4-9-17-8-2-3-10-18(17)19/h2-4,8-11,16H,5-7,12-15H2,1H3/t16-/m1/s1. The Hall–Kier alpha value is -1.54. The van der Waals surface area contributed by atoms with Gasteiger partial charge in [-0.25, -0.2) is 0 Å². The highest BCUT2D eigenvalue weighted by atomic mass is 16.5. The highest BCUT2D eigenvalue weighted by Crippen LogP contribution is 2.25. The fourth-order valence-electron chi connectivity index (χ4n) is 3.28. The van der Waals surface area contributed by atoms with Crippen molar-refractivity contribution in [1.29, 1.82) is 0 Å². The number of fused-ring (bicyclic) bond motifs is 1. The fourth-order valence-corrected chi connectivity index (χ4v) is 3.28. The monoisotopic (exact) mass is 283 g/mol. The first kappa shape index (κ1) is 14.4. The van der Waals surface area contributed by atoms with Gasteiger partial charge in [0.25, 0.3) is 0 Å². The molecule has 2 aromatic rings. The number of rotatable bonds is 5. The minimum Gasteiger partial charge on any atom is -0.493 e. The molecule has 1 fully saturated rings. The minimum atomic E-state index is 0.804. The van der Waals surface area contributed by atoms with Crippen LogP contribution in [0.3, 0.4) is 0 Å². The zero-order valence-corrected chi connectivity index (χ0v) is 12.9. The molecule has 0 aromatic heterocycles. The number of benzene rings is 2. The van der Waals surface area contributed by atoms with Crippen molar-refractivity contribution in [2.75, 3.05) is 26.2 Å². The largest absolute Gasteiger partial charge is 0.493 e. The maximum Gasteiger partial charge on any atom is 0.127 e. The second kappa shape index (κ2) is 6.95. The van der Waals surface area contributed by atoms with Crippen LogP contribution in [-0.2, 0) is 0 Å². The lowest BCUT2D eigenvalue weighted by Gasteiger charge is -2.30. The quantitative estimate of drug-likeness (QED) is 0.757. The Morgan fingerprint density at radius 3 is 2.90 bits per heavy atom. The highest BCUT2D eigenvalue weighted by Gasteiger charge is 2.15. The smallest absolute Gasteiger partial charge is 0.127 e. The number of hydrogen-bond donors (Lipinski definition) is 0. The summed E-state index contributed by atoms with van der Waals surface area (Å²) in [5, 5.41) is 2.46. The third-order valence-corrected chi connectivity index (χ3v) is 4.37. The Labute approximate surface area is 127 Å². The number of hydrogen-bond acceptors (Lipinski definition) is 2. The van der Waals surface area contributed by atoms with Crippen molar-refractivity contribution in [3.05, 3.63) is 42.5 Å². The average molecular weight is 283 g/mol. The summed E-state index contributed by atoms with van der Waals surface area (Å²) in [6.45, 7) is 6.85. The second-order valence-corrected chi connectivity index (χ2v) is 6.23. The molecule has 2 nitrogen and oxygen atoms in total. The summed E-state index contributed by atoms with van der Waals surface area (Å²) in [5.74, 6) is 1.87. The molecule has 0 radical (unpaired) electrons. The van der Waals surface area contributed by atoms with Gasteiger partial charge in [0.2, 0.25) is 0 Å². The molecular weight excluding hydrogens is 258 g/mol. The molecule has 21 heavy (non-hydrogen) atoms. The van der Waals surface area contributed by atoms with Gasteiger partial charge in [0, 0.05) is 18.5 Å². The summed E-state index contributed by atoms with van der Waals surface area (Å²) >= 11 is 0. The maximum absolute atomic E-state index is 6.01. The number of ether oxygens (including phenoxy) is 1. The van der Waals surface area contributed by atoms with E-state index < -0.39 is 0 Å². The molecule has 0 N–H and O–H groups in total. The van der Waals surface area contributed by atoms with Crippen LogP contribution in [-0.4, -0.2) is 31.1 Å². The van der Waals surface area contributed by atoms with Gasteiger partial charge in [0.1, 0.15) is 5.75 Å². The van der Waals surface area contributed by atoms with Gasteiger partial charge in [-0.1, -0.05) is 43.3 Å². The van der Waals surface area contributed by atoms with Crippen molar-refractivity contribution in [2.24, 2.45) is 5.92 Å². The van der Waals surface area contributed by atoms with E-state index in [1.165, 1.54) is 36.7 Å². The van der Waals surface area contributed by atoms with E-state index in [9.17, 15) is 0 Å².